The van der Waals surface area contributed by atoms with Crippen molar-refractivity contribution in [2.24, 2.45) is 5.73 Å². The Labute approximate surface area is 458 Å². The van der Waals surface area contributed by atoms with Gasteiger partial charge in [0.2, 0.25) is 34.9 Å². The second kappa shape index (κ2) is 28.5. The van der Waals surface area contributed by atoms with Gasteiger partial charge in [0.15, 0.2) is 24.8 Å². The number of carboxylic acids is 1. The van der Waals surface area contributed by atoms with E-state index in [1.54, 1.807) is 4.72 Å². The van der Waals surface area contributed by atoms with Crippen molar-refractivity contribution < 1.29 is 70.4 Å². The van der Waals surface area contributed by atoms with Gasteiger partial charge in [0.25, 0.3) is 33.7 Å². The summed E-state index contributed by atoms with van der Waals surface area (Å²) in [7, 11) is -1.95. The third-order valence-electron chi connectivity index (χ3n) is 10.6. The number of carboxylic acid groups (broad SMARTS) is 1. The highest BCUT2D eigenvalue weighted by Crippen LogP contribution is 2.42. The van der Waals surface area contributed by atoms with Gasteiger partial charge in [-0.1, -0.05) is 5.92 Å². The van der Waals surface area contributed by atoms with Crippen molar-refractivity contribution in [1.82, 2.24) is 39.5 Å². The molecule has 0 bridgehead atoms. The van der Waals surface area contributed by atoms with Gasteiger partial charge in [-0.3, -0.25) is 38.8 Å². The Bertz CT molecular complexity index is 3130. The van der Waals surface area contributed by atoms with Crippen LogP contribution in [0.3, 0.4) is 0 Å². The third kappa shape index (κ3) is 18.0. The van der Waals surface area contributed by atoms with Crippen molar-refractivity contribution in [3.63, 3.8) is 0 Å². The molecule has 3 aromatic heterocycles. The average Bonchev–Trinajstić information content (AvgIpc) is 3.78. The number of nitrogens with one attached hydrogen (secondary N) is 4. The van der Waals surface area contributed by atoms with Gasteiger partial charge in [-0.15, -0.1) is 6.42 Å². The quantitative estimate of drug-likeness (QED) is 0.0479. The number of nitrogens with two attached hydrogens (primary N) is 1. The molecule has 28 nitrogen and oxygen atoms in total. The molecule has 32 heteroatoms. The zero-order chi connectivity index (χ0) is 58.9. The van der Waals surface area contributed by atoms with E-state index >= 15 is 0 Å². The number of rotatable bonds is 16. The third-order valence-corrected chi connectivity index (χ3v) is 13.1. The smallest absolute Gasteiger partial charge is 0.335 e. The second-order valence-corrected chi connectivity index (χ2v) is 21.8. The van der Waals surface area contributed by atoms with Crippen LogP contribution in [0.25, 0.3) is 0 Å². The van der Waals surface area contributed by atoms with E-state index < -0.39 is 64.0 Å². The van der Waals surface area contributed by atoms with Crippen LogP contribution in [-0.4, -0.2) is 162 Å². The highest BCUT2D eigenvalue weighted by atomic mass is 35.5. The molecule has 1 aromatic carbocycles. The molecule has 2 aliphatic heterocycles. The fraction of sp³-hybridized carbons (Fsp3) is 0.404. The van der Waals surface area contributed by atoms with Crippen molar-refractivity contribution in [2.45, 2.75) is 70.0 Å². The van der Waals surface area contributed by atoms with Crippen LogP contribution in [0.4, 0.5) is 38.4 Å². The Morgan fingerprint density at radius 2 is 1.59 bits per heavy atom. The first-order valence-electron chi connectivity index (χ1n) is 23.6. The van der Waals surface area contributed by atoms with E-state index in [1.165, 1.54) is 75.2 Å². The predicted molar refractivity (Wildman–Crippen MR) is 286 cm³/mol. The number of urea groups is 1. The molecule has 0 radical (unpaired) electrons. The van der Waals surface area contributed by atoms with E-state index in [2.05, 4.69) is 51.8 Å². The van der Waals surface area contributed by atoms with Gasteiger partial charge in [-0.25, -0.2) is 23.8 Å². The fourth-order valence-electron chi connectivity index (χ4n) is 6.99. The summed E-state index contributed by atoms with van der Waals surface area (Å²) >= 11 is 5.73. The lowest BCUT2D eigenvalue weighted by Gasteiger charge is -2.29. The first-order valence-corrected chi connectivity index (χ1v) is 27.8. The molecular weight excluding hydrogens is 1100 g/mol. The molecule has 0 spiro atoms. The minimum Gasteiger partial charge on any atom is -0.481 e. The summed E-state index contributed by atoms with van der Waals surface area (Å²) in [4.78, 5) is 107. The van der Waals surface area contributed by atoms with Crippen LogP contribution in [-0.2, 0) is 33.8 Å². The number of methoxy groups -OCH3 is 2. The maximum Gasteiger partial charge on any atom is 0.335 e. The maximum absolute atomic E-state index is 14.7. The minimum absolute atomic E-state index is 0.0170. The van der Waals surface area contributed by atoms with Crippen molar-refractivity contribution in [3.05, 3.63) is 64.3 Å². The molecule has 5 heterocycles. The summed E-state index contributed by atoms with van der Waals surface area (Å²) in [6.07, 6.45) is 9.20. The molecule has 3 aliphatic rings. The minimum atomic E-state index is -4.46. The largest absolute Gasteiger partial charge is 0.481 e. The number of carbonyl (C=O) groups is 6. The van der Waals surface area contributed by atoms with Crippen LogP contribution in [0.15, 0.2) is 52.7 Å². The Balaban J connectivity index is 0.000000242. The number of sulfonamides is 1. The Hall–Kier alpha value is -8.10. The highest BCUT2D eigenvalue weighted by Gasteiger charge is 2.42. The number of halogens is 2. The highest BCUT2D eigenvalue weighted by molar-refractivity contribution is 7.90. The summed E-state index contributed by atoms with van der Waals surface area (Å²) in [5.41, 5.74) is 5.90. The second-order valence-electron chi connectivity index (χ2n) is 17.3. The molecule has 426 valence electrons. The Morgan fingerprint density at radius 1 is 0.987 bits per heavy atom. The molecule has 7 rings (SSSR count). The molecule has 2 unspecified atom stereocenters. The lowest BCUT2D eigenvalue weighted by molar-refractivity contribution is -0.138. The van der Waals surface area contributed by atoms with E-state index in [0.29, 0.717) is 35.9 Å². The number of anilines is 5. The SMILES string of the molecule is C#CCN1C(=O)COc2cc(F)c(N3C(=O)C4=C(CCCC4)C3=O)cc21.CCNc1nc(Cl)nc(NC(C)C)n1.COc1cc(OC)nc(NC(=O)NS(=O)(=O)c2ncccc2C(=O)N(C)C)n1.CP(=O)(O)CCC(N)C(=O)O. The van der Waals surface area contributed by atoms with Crippen LogP contribution in [0.5, 0.6) is 17.5 Å². The number of ether oxygens (including phenoxy) is 3. The van der Waals surface area contributed by atoms with E-state index in [0.717, 1.165) is 30.4 Å². The number of benzene rings is 1. The van der Waals surface area contributed by atoms with Crippen molar-refractivity contribution >= 4 is 93.8 Å². The monoisotopic (exact) mass is 1160 g/mol. The van der Waals surface area contributed by atoms with Crippen LogP contribution >= 0.6 is 19.0 Å². The number of aromatic nitrogens is 6. The van der Waals surface area contributed by atoms with Gasteiger partial charge < -0.3 is 45.5 Å². The van der Waals surface area contributed by atoms with Gasteiger partial charge in [-0.2, -0.15) is 33.3 Å². The number of fused-ring (bicyclic) bond motifs is 1. The standard InChI is InChI=1S/C19H15FN2O4.C15H18N6O6S.C8H14ClN5.C5H12NO4P/c1-2-7-21-15-9-14(13(20)8-16(15)26-10-17(21)23)22-18(24)11-5-3-4-6-12(11)19(22)25;1-21(2)13(22)9-6-5-7-16-12(9)28(24,25)20-15(23)19-14-17-10(26-3)8-11(18-14)27-4;1-4-10-7-12-6(9)13-8(14-7)11-5(2)3;1-11(9,10)3-2-4(6)5(7)8/h1,8-9H,3-7,10H2;5-8H,1-4H3,(H2,17,18,19,20,23);5H,4H2,1-3H3,(H2,10,11,12,13,14);4H,2-3,6H2,1H3,(H,7,8)(H,9,10). The van der Waals surface area contributed by atoms with Gasteiger partial charge in [-0.05, 0) is 82.7 Å². The lowest BCUT2D eigenvalue weighted by Crippen LogP contribution is -2.39. The number of imide groups is 1. The molecule has 0 saturated carbocycles. The number of aliphatic carboxylic acids is 1. The van der Waals surface area contributed by atoms with Gasteiger partial charge >= 0.3 is 12.0 Å². The van der Waals surface area contributed by atoms with Crippen molar-refractivity contribution in [2.75, 3.05) is 86.6 Å². The molecule has 79 heavy (non-hydrogen) atoms. The van der Waals surface area contributed by atoms with Gasteiger partial charge in [0.05, 0.1) is 43.8 Å². The molecule has 4 aromatic rings. The van der Waals surface area contributed by atoms with Gasteiger partial charge in [0.1, 0.15) is 11.8 Å². The van der Waals surface area contributed by atoms with E-state index in [-0.39, 0.29) is 83.4 Å². The lowest BCUT2D eigenvalue weighted by atomic mass is 9.93. The van der Waals surface area contributed by atoms with Crippen molar-refractivity contribution in [1.29, 1.82) is 0 Å². The number of carbonyl (C=O) groups excluding carboxylic acids is 5. The Morgan fingerprint density at radius 3 is 2.13 bits per heavy atom. The molecule has 1 aliphatic carbocycles. The van der Waals surface area contributed by atoms with Crippen LogP contribution in [0, 0.1) is 18.2 Å². The summed E-state index contributed by atoms with van der Waals surface area (Å²) < 4.78 is 67.3. The Kier molecular flexibility index (Phi) is 22.9. The summed E-state index contributed by atoms with van der Waals surface area (Å²) in [5.74, 6) is -0.403. The number of hydrogen-bond donors (Lipinski definition) is 7. The van der Waals surface area contributed by atoms with Crippen LogP contribution in [0.2, 0.25) is 5.28 Å². The topological polar surface area (TPSA) is 383 Å². The molecule has 6 amide bonds. The normalized spacial score (nSPS) is 14.6. The van der Waals surface area contributed by atoms with E-state index in [1.807, 2.05) is 20.8 Å². The number of nitrogens with zero attached hydrogens (tertiary/aromatic N) is 9. The van der Waals surface area contributed by atoms with Crippen LogP contribution < -0.4 is 50.4 Å². The summed E-state index contributed by atoms with van der Waals surface area (Å²) in [5, 5.41) is 16.1. The van der Waals surface area contributed by atoms with E-state index in [9.17, 15) is 46.1 Å². The predicted octanol–water partition coefficient (Wildman–Crippen LogP) is 3.49. The first-order chi connectivity index (χ1) is 37.1. The molecule has 2 atom stereocenters. The van der Waals surface area contributed by atoms with Crippen LogP contribution in [0.1, 0.15) is 63.2 Å². The number of amides is 6. The summed E-state index contributed by atoms with van der Waals surface area (Å²) in [6, 6.07) is 4.51. The van der Waals surface area contributed by atoms with Gasteiger partial charge in [0, 0.05) is 62.9 Å². The van der Waals surface area contributed by atoms with E-state index in [4.69, 9.17) is 48.0 Å². The summed E-state index contributed by atoms with van der Waals surface area (Å²) in [6.45, 7) is 7.65. The zero-order valence-corrected chi connectivity index (χ0v) is 46.5. The average molecular weight is 1160 g/mol. The number of pyridine rings is 1. The van der Waals surface area contributed by atoms with Crippen molar-refractivity contribution in [3.8, 4) is 29.9 Å². The molecular formula is C47H59ClFN14O14PS. The first kappa shape index (κ1) is 63.4. The number of terminal acetylenes is 1. The maximum atomic E-state index is 14.7. The molecule has 0 saturated heterocycles. The number of hydrogen-bond acceptors (Lipinski definition) is 21. The zero-order valence-electron chi connectivity index (χ0n) is 44.1. The molecule has 8 N–H and O–H groups in total. The molecule has 0 fully saturated rings. The fourth-order valence-corrected chi connectivity index (χ4v) is 8.95.